The molecule has 0 atom stereocenters. The van der Waals surface area contributed by atoms with Crippen LogP contribution in [0.25, 0.3) is 0 Å². The van der Waals surface area contributed by atoms with Crippen molar-refractivity contribution in [2.24, 2.45) is 5.10 Å². The maximum Gasteiger partial charge on any atom is 0.191 e. The van der Waals surface area contributed by atoms with Crippen LogP contribution in [-0.2, 0) is 6.42 Å². The van der Waals surface area contributed by atoms with Gasteiger partial charge in [0.05, 0.1) is 18.3 Å². The topological polar surface area (TPSA) is 48.9 Å². The maximum atomic E-state index is 6.12. The smallest absolute Gasteiger partial charge is 0.191 e. The highest BCUT2D eigenvalue weighted by atomic mass is 35.5. The molecule has 2 aromatic carbocycles. The Morgan fingerprint density at radius 2 is 2.18 bits per heavy atom. The summed E-state index contributed by atoms with van der Waals surface area (Å²) < 4.78 is 5.14. The van der Waals surface area contributed by atoms with Crippen molar-refractivity contribution in [3.8, 4) is 5.75 Å². The Morgan fingerprint density at radius 1 is 1.32 bits per heavy atom. The zero-order valence-electron chi connectivity index (χ0n) is 16.2. The lowest BCUT2D eigenvalue weighted by atomic mass is 9.99. The fourth-order valence-corrected chi connectivity index (χ4v) is 3.77. The molecule has 0 aromatic heterocycles. The third kappa shape index (κ3) is 5.14. The predicted molar refractivity (Wildman–Crippen MR) is 122 cm³/mol. The summed E-state index contributed by atoms with van der Waals surface area (Å²) in [6.07, 6.45) is 5.26. The van der Waals surface area contributed by atoms with Gasteiger partial charge in [-0.2, -0.15) is 5.10 Å². The second kappa shape index (κ2) is 9.75. The largest absolute Gasteiger partial charge is 0.495 e. The summed E-state index contributed by atoms with van der Waals surface area (Å²) in [6, 6.07) is 11.9. The number of nitrogens with zero attached hydrogens (tertiary/aromatic N) is 2. The summed E-state index contributed by atoms with van der Waals surface area (Å²) in [6.45, 7) is 4.47. The van der Waals surface area contributed by atoms with E-state index in [0.717, 1.165) is 37.2 Å². The van der Waals surface area contributed by atoms with Crippen LogP contribution in [0.2, 0.25) is 5.02 Å². The van der Waals surface area contributed by atoms with E-state index in [2.05, 4.69) is 45.9 Å². The lowest BCUT2D eigenvalue weighted by molar-refractivity contribution is 0.415. The highest BCUT2D eigenvalue weighted by molar-refractivity contribution is 7.80. The van der Waals surface area contributed by atoms with E-state index in [-0.39, 0.29) is 0 Å². The Balaban J connectivity index is 1.58. The van der Waals surface area contributed by atoms with Gasteiger partial charge in [0.15, 0.2) is 5.11 Å². The van der Waals surface area contributed by atoms with Crippen molar-refractivity contribution in [3.63, 3.8) is 0 Å². The molecular weight excluding hydrogens is 392 g/mol. The highest BCUT2D eigenvalue weighted by Gasteiger charge is 2.15. The minimum atomic E-state index is 0.393. The Bertz CT molecular complexity index is 871. The summed E-state index contributed by atoms with van der Waals surface area (Å²) in [5.74, 6) is 0.619. The molecule has 1 heterocycles. The first kappa shape index (κ1) is 20.4. The monoisotopic (exact) mass is 416 g/mol. The van der Waals surface area contributed by atoms with Gasteiger partial charge >= 0.3 is 0 Å². The van der Waals surface area contributed by atoms with E-state index in [1.54, 1.807) is 25.5 Å². The number of hydrazone groups is 1. The quantitative estimate of drug-likeness (QED) is 0.401. The number of anilines is 2. The maximum absolute atomic E-state index is 6.12. The fraction of sp³-hybridized carbons (Fsp3) is 0.333. The van der Waals surface area contributed by atoms with Crippen LogP contribution in [0.15, 0.2) is 41.5 Å². The predicted octanol–water partition coefficient (Wildman–Crippen LogP) is 4.83. The van der Waals surface area contributed by atoms with Gasteiger partial charge in [0.25, 0.3) is 0 Å². The van der Waals surface area contributed by atoms with Crippen LogP contribution in [0.4, 0.5) is 11.4 Å². The molecule has 2 N–H and O–H groups in total. The molecule has 5 nitrogen and oxygen atoms in total. The normalized spacial score (nSPS) is 13.3. The van der Waals surface area contributed by atoms with Crippen LogP contribution in [0.3, 0.4) is 0 Å². The van der Waals surface area contributed by atoms with Crippen molar-refractivity contribution >= 4 is 46.5 Å². The van der Waals surface area contributed by atoms with Crippen LogP contribution in [0.1, 0.15) is 30.9 Å². The molecule has 1 aliphatic rings. The molecule has 7 heteroatoms. The van der Waals surface area contributed by atoms with E-state index in [0.29, 0.717) is 15.9 Å². The van der Waals surface area contributed by atoms with Crippen molar-refractivity contribution in [1.82, 2.24) is 5.43 Å². The first-order valence-corrected chi connectivity index (χ1v) is 10.2. The molecule has 0 saturated carbocycles. The lowest BCUT2D eigenvalue weighted by Gasteiger charge is -2.31. The van der Waals surface area contributed by atoms with Gasteiger partial charge < -0.3 is 15.0 Å². The van der Waals surface area contributed by atoms with Gasteiger partial charge in [-0.3, -0.25) is 5.43 Å². The standard InChI is InChI=1S/C21H25ClN4OS/c1-3-10-26-11-4-5-16-12-15(6-8-19(16)26)14-23-25-21(28)24-17-7-9-20(27-2)18(22)13-17/h6-9,12-14H,3-5,10-11H2,1-2H3,(H2,24,25,28)/b23-14-. The fourth-order valence-electron chi connectivity index (χ4n) is 3.35. The van der Waals surface area contributed by atoms with Crippen LogP contribution >= 0.6 is 23.8 Å². The number of hydrogen-bond donors (Lipinski definition) is 2. The number of thiocarbonyl (C=S) groups is 1. The van der Waals surface area contributed by atoms with E-state index in [9.17, 15) is 0 Å². The number of ether oxygens (including phenoxy) is 1. The number of rotatable bonds is 6. The number of halogens is 1. The van der Waals surface area contributed by atoms with Gasteiger partial charge in [-0.1, -0.05) is 24.6 Å². The molecule has 0 spiro atoms. The number of benzene rings is 2. The van der Waals surface area contributed by atoms with Gasteiger partial charge in [-0.15, -0.1) is 0 Å². The molecule has 2 aromatic rings. The molecule has 0 fully saturated rings. The molecular formula is C21H25ClN4OS. The molecule has 0 amide bonds. The zero-order chi connectivity index (χ0) is 19.9. The minimum Gasteiger partial charge on any atom is -0.495 e. The third-order valence-corrected chi connectivity index (χ3v) is 5.09. The second-order valence-electron chi connectivity index (χ2n) is 6.65. The number of methoxy groups -OCH3 is 1. The highest BCUT2D eigenvalue weighted by Crippen LogP contribution is 2.28. The van der Waals surface area contributed by atoms with Crippen LogP contribution in [0.5, 0.6) is 5.75 Å². The van der Waals surface area contributed by atoms with Crippen LogP contribution in [-0.4, -0.2) is 31.5 Å². The second-order valence-corrected chi connectivity index (χ2v) is 7.47. The summed E-state index contributed by atoms with van der Waals surface area (Å²) in [4.78, 5) is 2.47. The SMILES string of the molecule is CCCN1CCCc2cc(/C=N\NC(=S)Nc3ccc(OC)c(Cl)c3)ccc21. The number of hydrogen-bond acceptors (Lipinski definition) is 4. The van der Waals surface area contributed by atoms with Crippen molar-refractivity contribution < 1.29 is 4.74 Å². The van der Waals surface area contributed by atoms with Gasteiger partial charge in [0.1, 0.15) is 5.75 Å². The molecule has 28 heavy (non-hydrogen) atoms. The van der Waals surface area contributed by atoms with E-state index in [4.69, 9.17) is 28.6 Å². The summed E-state index contributed by atoms with van der Waals surface area (Å²) in [5, 5.41) is 8.21. The summed E-state index contributed by atoms with van der Waals surface area (Å²) in [7, 11) is 1.58. The van der Waals surface area contributed by atoms with Gasteiger partial charge in [-0.25, -0.2) is 0 Å². The van der Waals surface area contributed by atoms with E-state index < -0.39 is 0 Å². The van der Waals surface area contributed by atoms with Gasteiger partial charge in [-0.05, 0) is 72.9 Å². The molecule has 1 aliphatic heterocycles. The third-order valence-electron chi connectivity index (χ3n) is 4.60. The number of nitrogens with one attached hydrogen (secondary N) is 2. The van der Waals surface area contributed by atoms with E-state index in [1.807, 2.05) is 6.07 Å². The summed E-state index contributed by atoms with van der Waals surface area (Å²) >= 11 is 11.4. The summed E-state index contributed by atoms with van der Waals surface area (Å²) in [5.41, 5.74) is 7.40. The molecule has 3 rings (SSSR count). The van der Waals surface area contributed by atoms with Crippen molar-refractivity contribution in [2.75, 3.05) is 30.4 Å². The van der Waals surface area contributed by atoms with E-state index >= 15 is 0 Å². The average Bonchev–Trinajstić information content (AvgIpc) is 2.68. The first-order chi connectivity index (χ1) is 13.6. The minimum absolute atomic E-state index is 0.393. The molecule has 148 valence electrons. The Kier molecular flexibility index (Phi) is 7.12. The molecule has 0 aliphatic carbocycles. The zero-order valence-corrected chi connectivity index (χ0v) is 17.7. The van der Waals surface area contributed by atoms with Crippen LogP contribution < -0.4 is 20.4 Å². The average molecular weight is 417 g/mol. The number of fused-ring (bicyclic) bond motifs is 1. The van der Waals surface area contributed by atoms with Crippen molar-refractivity contribution in [2.45, 2.75) is 26.2 Å². The van der Waals surface area contributed by atoms with Crippen molar-refractivity contribution in [3.05, 3.63) is 52.5 Å². The number of aryl methyl sites for hydroxylation is 1. The molecule has 0 bridgehead atoms. The first-order valence-electron chi connectivity index (χ1n) is 9.42. The molecule has 0 unspecified atom stereocenters. The Morgan fingerprint density at radius 3 is 2.93 bits per heavy atom. The molecule has 0 radical (unpaired) electrons. The van der Waals surface area contributed by atoms with Gasteiger partial charge in [0, 0.05) is 24.5 Å². The Labute approximate surface area is 176 Å². The van der Waals surface area contributed by atoms with Crippen LogP contribution in [0, 0.1) is 0 Å². The van der Waals surface area contributed by atoms with E-state index in [1.165, 1.54) is 17.7 Å². The Hall–Kier alpha value is -2.31. The molecule has 0 saturated heterocycles. The lowest BCUT2D eigenvalue weighted by Crippen LogP contribution is -2.30. The van der Waals surface area contributed by atoms with Gasteiger partial charge in [0.2, 0.25) is 0 Å². The van der Waals surface area contributed by atoms with Crippen molar-refractivity contribution in [1.29, 1.82) is 0 Å².